The predicted molar refractivity (Wildman–Crippen MR) is 55.9 cm³/mol. The monoisotopic (exact) mass is 231 g/mol. The van der Waals surface area contributed by atoms with E-state index in [0.717, 1.165) is 0 Å². The highest BCUT2D eigenvalue weighted by atomic mass is 16.7. The topological polar surface area (TPSA) is 103 Å². The van der Waals surface area contributed by atoms with Gasteiger partial charge in [0, 0.05) is 24.9 Å². The molecule has 92 valence electrons. The third kappa shape index (κ3) is 4.58. The molecule has 1 rings (SSSR count). The molecule has 0 aromatic heterocycles. The van der Waals surface area contributed by atoms with Crippen molar-refractivity contribution in [1.82, 2.24) is 16.1 Å². The lowest BCUT2D eigenvalue weighted by Crippen LogP contribution is -2.39. The summed E-state index contributed by atoms with van der Waals surface area (Å²) in [4.78, 5) is 16.2. The van der Waals surface area contributed by atoms with Gasteiger partial charge in [0.15, 0.2) is 0 Å². The molecule has 16 heavy (non-hydrogen) atoms. The van der Waals surface area contributed by atoms with Gasteiger partial charge < -0.3 is 15.5 Å². The smallest absolute Gasteiger partial charge is 0.273 e. The third-order valence-electron chi connectivity index (χ3n) is 2.01. The maximum Gasteiger partial charge on any atom is 0.273 e. The number of carbonyl (C=O) groups is 1. The van der Waals surface area contributed by atoms with E-state index in [1.807, 2.05) is 0 Å². The predicted octanol–water partition coefficient (Wildman–Crippen LogP) is -2.19. The Kier molecular flexibility index (Phi) is 5.79. The van der Waals surface area contributed by atoms with Crippen LogP contribution in [0.3, 0.4) is 0 Å². The number of aliphatic hydroxyl groups excluding tert-OH is 2. The average molecular weight is 231 g/mol. The Morgan fingerprint density at radius 1 is 1.69 bits per heavy atom. The van der Waals surface area contributed by atoms with Crippen LogP contribution in [0, 0.1) is 0 Å². The SMILES string of the molecule is O=C(NOC[C@@H](O)CCO)C1=CNCNC1. The molecule has 0 saturated heterocycles. The summed E-state index contributed by atoms with van der Waals surface area (Å²) in [6.45, 7) is 0.951. The summed E-state index contributed by atoms with van der Waals surface area (Å²) >= 11 is 0. The van der Waals surface area contributed by atoms with Gasteiger partial charge in [-0.2, -0.15) is 0 Å². The lowest BCUT2D eigenvalue weighted by molar-refractivity contribution is -0.132. The zero-order valence-electron chi connectivity index (χ0n) is 8.90. The van der Waals surface area contributed by atoms with Crippen molar-refractivity contribution < 1.29 is 19.8 Å². The number of carbonyl (C=O) groups excluding carboxylic acids is 1. The molecule has 1 aliphatic rings. The van der Waals surface area contributed by atoms with Crippen molar-refractivity contribution in [2.75, 3.05) is 26.4 Å². The molecular formula is C9H17N3O4. The van der Waals surface area contributed by atoms with Crippen molar-refractivity contribution in [2.24, 2.45) is 0 Å². The lowest BCUT2D eigenvalue weighted by atomic mass is 10.2. The van der Waals surface area contributed by atoms with Crippen LogP contribution in [-0.4, -0.2) is 48.7 Å². The summed E-state index contributed by atoms with van der Waals surface area (Å²) in [6.07, 6.45) is 1.06. The Balaban J connectivity index is 2.17. The van der Waals surface area contributed by atoms with Gasteiger partial charge in [-0.3, -0.25) is 14.9 Å². The highest BCUT2D eigenvalue weighted by Crippen LogP contribution is 1.95. The molecule has 0 aromatic carbocycles. The molecule has 0 radical (unpaired) electrons. The van der Waals surface area contributed by atoms with Crippen molar-refractivity contribution in [3.05, 3.63) is 11.8 Å². The third-order valence-corrected chi connectivity index (χ3v) is 2.01. The molecule has 0 saturated carbocycles. The van der Waals surface area contributed by atoms with Crippen molar-refractivity contribution in [2.45, 2.75) is 12.5 Å². The first-order valence-electron chi connectivity index (χ1n) is 5.08. The fourth-order valence-electron chi connectivity index (χ4n) is 1.14. The fraction of sp³-hybridized carbons (Fsp3) is 0.667. The number of hydroxylamine groups is 1. The van der Waals surface area contributed by atoms with Crippen molar-refractivity contribution in [3.8, 4) is 0 Å². The molecule has 5 N–H and O–H groups in total. The Hall–Kier alpha value is -1.15. The molecule has 0 aromatic rings. The number of hydrogen-bond acceptors (Lipinski definition) is 6. The molecule has 7 nitrogen and oxygen atoms in total. The zero-order valence-corrected chi connectivity index (χ0v) is 8.90. The minimum atomic E-state index is -0.776. The number of nitrogens with one attached hydrogen (secondary N) is 3. The van der Waals surface area contributed by atoms with E-state index in [-0.39, 0.29) is 25.5 Å². The molecule has 0 unspecified atom stereocenters. The van der Waals surface area contributed by atoms with E-state index in [1.165, 1.54) is 0 Å². The van der Waals surface area contributed by atoms with Crippen molar-refractivity contribution in [1.29, 1.82) is 0 Å². The summed E-state index contributed by atoms with van der Waals surface area (Å²) in [6, 6.07) is 0. The molecule has 0 bridgehead atoms. The van der Waals surface area contributed by atoms with Crippen molar-refractivity contribution in [3.63, 3.8) is 0 Å². The van der Waals surface area contributed by atoms with Crippen LogP contribution in [0.5, 0.6) is 0 Å². The summed E-state index contributed by atoms with van der Waals surface area (Å²) in [7, 11) is 0. The van der Waals surface area contributed by atoms with Crippen LogP contribution >= 0.6 is 0 Å². The van der Waals surface area contributed by atoms with Gasteiger partial charge in [0.2, 0.25) is 0 Å². The van der Waals surface area contributed by atoms with E-state index in [9.17, 15) is 9.90 Å². The van der Waals surface area contributed by atoms with Crippen LogP contribution in [-0.2, 0) is 9.63 Å². The maximum absolute atomic E-state index is 11.4. The van der Waals surface area contributed by atoms with E-state index in [4.69, 9.17) is 9.94 Å². The van der Waals surface area contributed by atoms with Crippen LogP contribution in [0.25, 0.3) is 0 Å². The summed E-state index contributed by atoms with van der Waals surface area (Å²) in [5.74, 6) is -0.351. The van der Waals surface area contributed by atoms with Crippen LogP contribution in [0.2, 0.25) is 0 Å². The molecule has 0 fully saturated rings. The van der Waals surface area contributed by atoms with Gasteiger partial charge in [-0.05, 0) is 6.42 Å². The van der Waals surface area contributed by atoms with E-state index in [2.05, 4.69) is 16.1 Å². The number of hydrogen-bond donors (Lipinski definition) is 5. The molecule has 1 amide bonds. The van der Waals surface area contributed by atoms with Gasteiger partial charge in [-0.1, -0.05) is 0 Å². The summed E-state index contributed by atoms with van der Waals surface area (Å²) in [5.41, 5.74) is 2.74. The Bertz CT molecular complexity index is 257. The van der Waals surface area contributed by atoms with Gasteiger partial charge in [0.05, 0.1) is 12.8 Å². The molecule has 1 heterocycles. The van der Waals surface area contributed by atoms with Gasteiger partial charge in [0.1, 0.15) is 6.61 Å². The summed E-state index contributed by atoms with van der Waals surface area (Å²) < 4.78 is 0. The van der Waals surface area contributed by atoms with Gasteiger partial charge in [-0.25, -0.2) is 5.48 Å². The maximum atomic E-state index is 11.4. The minimum Gasteiger partial charge on any atom is -0.396 e. The standard InChI is InChI=1S/C9H17N3O4/c13-2-1-8(14)5-16-12-9(15)7-3-10-6-11-4-7/h3,8,10-11,13-14H,1-2,4-6H2,(H,12,15)/t8-/m0/s1. The number of aliphatic hydroxyl groups is 2. The zero-order chi connectivity index (χ0) is 11.8. The average Bonchev–Trinajstić information content (AvgIpc) is 2.30. The van der Waals surface area contributed by atoms with E-state index in [1.54, 1.807) is 6.20 Å². The van der Waals surface area contributed by atoms with Crippen LogP contribution in [0.15, 0.2) is 11.8 Å². The first kappa shape index (κ1) is 12.9. The normalized spacial score (nSPS) is 17.2. The van der Waals surface area contributed by atoms with E-state index < -0.39 is 6.10 Å². The van der Waals surface area contributed by atoms with Crippen LogP contribution < -0.4 is 16.1 Å². The first-order valence-corrected chi connectivity index (χ1v) is 5.08. The van der Waals surface area contributed by atoms with Crippen molar-refractivity contribution >= 4 is 5.91 Å². The van der Waals surface area contributed by atoms with E-state index in [0.29, 0.717) is 18.8 Å². The number of amides is 1. The van der Waals surface area contributed by atoms with Gasteiger partial charge in [-0.15, -0.1) is 0 Å². The second kappa shape index (κ2) is 7.18. The van der Waals surface area contributed by atoms with E-state index >= 15 is 0 Å². The quantitative estimate of drug-likeness (QED) is 0.333. The highest BCUT2D eigenvalue weighted by Gasteiger charge is 2.12. The van der Waals surface area contributed by atoms with Crippen LogP contribution in [0.1, 0.15) is 6.42 Å². The van der Waals surface area contributed by atoms with Gasteiger partial charge >= 0.3 is 0 Å². The van der Waals surface area contributed by atoms with Crippen LogP contribution in [0.4, 0.5) is 0 Å². The molecule has 7 heteroatoms. The molecule has 0 aliphatic carbocycles. The first-order chi connectivity index (χ1) is 7.74. The molecule has 0 spiro atoms. The van der Waals surface area contributed by atoms with Gasteiger partial charge in [0.25, 0.3) is 5.91 Å². The fourth-order valence-corrected chi connectivity index (χ4v) is 1.14. The molecule has 1 aliphatic heterocycles. The lowest BCUT2D eigenvalue weighted by Gasteiger charge is -2.15. The minimum absolute atomic E-state index is 0.0412. The molecular weight excluding hydrogens is 214 g/mol. The Morgan fingerprint density at radius 3 is 3.12 bits per heavy atom. The second-order valence-corrected chi connectivity index (χ2v) is 3.39. The largest absolute Gasteiger partial charge is 0.396 e. The Labute approximate surface area is 93.4 Å². The number of rotatable bonds is 6. The highest BCUT2D eigenvalue weighted by molar-refractivity contribution is 5.93. The molecule has 1 atom stereocenters. The second-order valence-electron chi connectivity index (χ2n) is 3.39. The summed E-state index contributed by atoms with van der Waals surface area (Å²) in [5, 5.41) is 23.5. The Morgan fingerprint density at radius 2 is 2.50 bits per heavy atom.